The van der Waals surface area contributed by atoms with Crippen molar-refractivity contribution in [3.63, 3.8) is 0 Å². The van der Waals surface area contributed by atoms with E-state index >= 15 is 0 Å². The average Bonchev–Trinajstić information content (AvgIpc) is 3.13. The zero-order chi connectivity index (χ0) is 15.3. The number of nitro benzene ring substituents is 1. The minimum Gasteiger partial charge on any atom is -0.261 e. The van der Waals surface area contributed by atoms with Crippen molar-refractivity contribution in [1.29, 1.82) is 0 Å². The van der Waals surface area contributed by atoms with Crippen LogP contribution >= 0.6 is 11.6 Å². The van der Waals surface area contributed by atoms with Crippen molar-refractivity contribution in [3.05, 3.63) is 45.9 Å². The molecule has 0 bridgehead atoms. The first kappa shape index (κ1) is 12.7. The highest BCUT2D eigenvalue weighted by atomic mass is 35.5. The number of fused-ring (bicyclic) bond motifs is 3. The lowest BCUT2D eigenvalue weighted by atomic mass is 10.2. The molecule has 108 valence electrons. The molecule has 1 aromatic carbocycles. The number of H-pyrrole nitrogens is 1. The van der Waals surface area contributed by atoms with Crippen molar-refractivity contribution < 1.29 is 4.92 Å². The Hall–Kier alpha value is -3.07. The highest BCUT2D eigenvalue weighted by Crippen LogP contribution is 2.26. The summed E-state index contributed by atoms with van der Waals surface area (Å²) < 4.78 is 1.57. The standard InChI is InChI=1S/C12H6ClN7O2/c13-12-15-9-8(5-14-16-9)11-18-17-10(19(11)12)6-1-3-7(4-2-6)20(21)22/h1-5H,(H,14,16). The molecule has 10 heteroatoms. The normalized spacial score (nSPS) is 11.3. The third-order valence-corrected chi connectivity index (χ3v) is 3.50. The lowest BCUT2D eigenvalue weighted by molar-refractivity contribution is -0.384. The SMILES string of the molecule is O=[N+]([O-])c1ccc(-c2nnc3c4cn[nH]c4nc(Cl)n23)cc1. The van der Waals surface area contributed by atoms with Crippen LogP contribution < -0.4 is 0 Å². The van der Waals surface area contributed by atoms with Crippen LogP contribution in [-0.4, -0.2) is 34.7 Å². The Balaban J connectivity index is 1.97. The van der Waals surface area contributed by atoms with Crippen molar-refractivity contribution in [3.8, 4) is 11.4 Å². The fourth-order valence-corrected chi connectivity index (χ4v) is 2.47. The summed E-state index contributed by atoms with van der Waals surface area (Å²) in [6, 6.07) is 5.97. The molecular formula is C12H6ClN7O2. The second-order valence-electron chi connectivity index (χ2n) is 4.50. The fourth-order valence-electron chi connectivity index (χ4n) is 2.22. The van der Waals surface area contributed by atoms with E-state index in [0.717, 1.165) is 0 Å². The summed E-state index contributed by atoms with van der Waals surface area (Å²) in [6.45, 7) is 0. The van der Waals surface area contributed by atoms with Crippen LogP contribution in [0.15, 0.2) is 30.5 Å². The van der Waals surface area contributed by atoms with Crippen molar-refractivity contribution in [2.24, 2.45) is 0 Å². The molecular weight excluding hydrogens is 310 g/mol. The number of nitro groups is 1. The summed E-state index contributed by atoms with van der Waals surface area (Å²) >= 11 is 6.19. The van der Waals surface area contributed by atoms with Crippen molar-refractivity contribution in [2.45, 2.75) is 0 Å². The van der Waals surface area contributed by atoms with Crippen molar-refractivity contribution >= 4 is 34.0 Å². The Bertz CT molecular complexity index is 1020. The third kappa shape index (κ3) is 1.72. The van der Waals surface area contributed by atoms with Crippen LogP contribution in [0.1, 0.15) is 0 Å². The lowest BCUT2D eigenvalue weighted by Crippen LogP contribution is -1.95. The van der Waals surface area contributed by atoms with E-state index in [0.29, 0.717) is 28.1 Å². The smallest absolute Gasteiger partial charge is 0.261 e. The number of nitrogens with one attached hydrogen (secondary N) is 1. The summed E-state index contributed by atoms with van der Waals surface area (Å²) in [7, 11) is 0. The zero-order valence-electron chi connectivity index (χ0n) is 10.8. The number of benzene rings is 1. The quantitative estimate of drug-likeness (QED) is 0.344. The third-order valence-electron chi connectivity index (χ3n) is 3.25. The van der Waals surface area contributed by atoms with Gasteiger partial charge in [0.1, 0.15) is 0 Å². The van der Waals surface area contributed by atoms with E-state index in [1.807, 2.05) is 0 Å². The molecule has 0 atom stereocenters. The van der Waals surface area contributed by atoms with Gasteiger partial charge in [-0.2, -0.15) is 10.1 Å². The summed E-state index contributed by atoms with van der Waals surface area (Å²) in [6.07, 6.45) is 1.59. The molecule has 0 amide bonds. The van der Waals surface area contributed by atoms with Gasteiger partial charge in [0.15, 0.2) is 17.1 Å². The first-order valence-electron chi connectivity index (χ1n) is 6.13. The maximum Gasteiger partial charge on any atom is 0.269 e. The van der Waals surface area contributed by atoms with E-state index in [4.69, 9.17) is 11.6 Å². The predicted octanol–water partition coefficient (Wildman–Crippen LogP) is 2.23. The number of hydrogen-bond donors (Lipinski definition) is 1. The molecule has 1 N–H and O–H groups in total. The van der Waals surface area contributed by atoms with E-state index in [9.17, 15) is 10.1 Å². The van der Waals surface area contributed by atoms with Gasteiger partial charge in [-0.15, -0.1) is 10.2 Å². The second-order valence-corrected chi connectivity index (χ2v) is 4.84. The van der Waals surface area contributed by atoms with Crippen LogP contribution in [0.4, 0.5) is 5.69 Å². The monoisotopic (exact) mass is 315 g/mol. The summed E-state index contributed by atoms with van der Waals surface area (Å²) in [4.78, 5) is 14.4. The molecule has 4 rings (SSSR count). The van der Waals surface area contributed by atoms with Crippen LogP contribution in [0.5, 0.6) is 0 Å². The lowest BCUT2D eigenvalue weighted by Gasteiger charge is -2.02. The molecule has 0 fully saturated rings. The maximum absolute atomic E-state index is 10.7. The first-order chi connectivity index (χ1) is 10.6. The largest absolute Gasteiger partial charge is 0.269 e. The van der Waals surface area contributed by atoms with E-state index < -0.39 is 4.92 Å². The molecule has 0 saturated heterocycles. The molecule has 0 spiro atoms. The Morgan fingerprint density at radius 2 is 2.00 bits per heavy atom. The Labute approximate surface area is 126 Å². The van der Waals surface area contributed by atoms with Gasteiger partial charge in [0, 0.05) is 17.7 Å². The number of halogens is 1. The topological polar surface area (TPSA) is 115 Å². The second kappa shape index (κ2) is 4.46. The number of non-ortho nitro benzene ring substituents is 1. The molecule has 0 saturated carbocycles. The van der Waals surface area contributed by atoms with Crippen LogP contribution in [0.3, 0.4) is 0 Å². The molecule has 4 aromatic rings. The van der Waals surface area contributed by atoms with Gasteiger partial charge < -0.3 is 0 Å². The van der Waals surface area contributed by atoms with Gasteiger partial charge in [0.25, 0.3) is 5.69 Å². The molecule has 3 aromatic heterocycles. The fraction of sp³-hybridized carbons (Fsp3) is 0. The van der Waals surface area contributed by atoms with Gasteiger partial charge in [-0.1, -0.05) is 0 Å². The Kier molecular flexibility index (Phi) is 2.57. The zero-order valence-corrected chi connectivity index (χ0v) is 11.5. The highest BCUT2D eigenvalue weighted by molar-refractivity contribution is 6.29. The predicted molar refractivity (Wildman–Crippen MR) is 77.5 cm³/mol. The summed E-state index contributed by atoms with van der Waals surface area (Å²) in [5.41, 5.74) is 1.67. The number of aromatic amines is 1. The van der Waals surface area contributed by atoms with Crippen LogP contribution in [0.2, 0.25) is 5.28 Å². The van der Waals surface area contributed by atoms with E-state index in [2.05, 4.69) is 25.4 Å². The highest BCUT2D eigenvalue weighted by Gasteiger charge is 2.17. The molecule has 0 aliphatic heterocycles. The van der Waals surface area contributed by atoms with Crippen molar-refractivity contribution in [2.75, 3.05) is 0 Å². The van der Waals surface area contributed by atoms with Gasteiger partial charge in [0.2, 0.25) is 5.28 Å². The Morgan fingerprint density at radius 1 is 1.23 bits per heavy atom. The first-order valence-corrected chi connectivity index (χ1v) is 6.51. The molecule has 0 aliphatic rings. The van der Waals surface area contributed by atoms with Crippen molar-refractivity contribution in [1.82, 2.24) is 29.8 Å². The van der Waals surface area contributed by atoms with Crippen LogP contribution in [-0.2, 0) is 0 Å². The van der Waals surface area contributed by atoms with E-state index in [-0.39, 0.29) is 11.0 Å². The number of rotatable bonds is 2. The molecule has 3 heterocycles. The summed E-state index contributed by atoms with van der Waals surface area (Å²) in [5, 5.41) is 26.4. The molecule has 22 heavy (non-hydrogen) atoms. The van der Waals surface area contributed by atoms with Gasteiger partial charge in [-0.25, -0.2) is 4.40 Å². The van der Waals surface area contributed by atoms with Crippen LogP contribution in [0, 0.1) is 10.1 Å². The summed E-state index contributed by atoms with van der Waals surface area (Å²) in [5.74, 6) is 0.450. The number of nitrogens with zero attached hydrogens (tertiary/aromatic N) is 6. The minimum atomic E-state index is -0.463. The Morgan fingerprint density at radius 3 is 2.73 bits per heavy atom. The van der Waals surface area contributed by atoms with Gasteiger partial charge in [-0.3, -0.25) is 15.2 Å². The van der Waals surface area contributed by atoms with Gasteiger partial charge in [-0.05, 0) is 23.7 Å². The molecule has 0 aliphatic carbocycles. The maximum atomic E-state index is 10.7. The van der Waals surface area contributed by atoms with Crippen LogP contribution in [0.25, 0.3) is 28.1 Å². The minimum absolute atomic E-state index is 0.000909. The van der Waals surface area contributed by atoms with Gasteiger partial charge in [0.05, 0.1) is 16.5 Å². The number of hydrogen-bond acceptors (Lipinski definition) is 6. The average molecular weight is 316 g/mol. The molecule has 0 radical (unpaired) electrons. The van der Waals surface area contributed by atoms with E-state index in [1.54, 1.807) is 22.7 Å². The molecule has 9 nitrogen and oxygen atoms in total. The van der Waals surface area contributed by atoms with E-state index in [1.165, 1.54) is 12.1 Å². The number of aromatic nitrogens is 6. The molecule has 0 unspecified atom stereocenters. The van der Waals surface area contributed by atoms with Gasteiger partial charge >= 0.3 is 0 Å².